The standard InChI is InChI=1S/C22H26N4O3/c1-13-20(15(3)27)14(2)23-21(13)19(28)12-25-10-8-16(9-11-25)26-18-7-5-4-6-17(18)24-22(26)29/h4-7,16,23H,8-12H2,1-3H3,(H,24,29)/p+1. The van der Waals surface area contributed by atoms with Crippen LogP contribution in [0.2, 0.25) is 0 Å². The molecular weight excluding hydrogens is 368 g/mol. The second kappa shape index (κ2) is 7.48. The number of benzene rings is 1. The molecule has 0 radical (unpaired) electrons. The van der Waals surface area contributed by atoms with Crippen LogP contribution in [0, 0.1) is 13.8 Å². The van der Waals surface area contributed by atoms with E-state index in [-0.39, 0.29) is 23.3 Å². The van der Waals surface area contributed by atoms with E-state index < -0.39 is 0 Å². The van der Waals surface area contributed by atoms with Crippen LogP contribution in [0.25, 0.3) is 11.0 Å². The van der Waals surface area contributed by atoms with Gasteiger partial charge >= 0.3 is 5.69 Å². The molecule has 0 aliphatic carbocycles. The van der Waals surface area contributed by atoms with Crippen LogP contribution in [-0.4, -0.2) is 45.7 Å². The molecule has 0 saturated carbocycles. The minimum Gasteiger partial charge on any atom is -0.355 e. The number of piperidine rings is 1. The van der Waals surface area contributed by atoms with Gasteiger partial charge in [0, 0.05) is 30.1 Å². The van der Waals surface area contributed by atoms with Gasteiger partial charge < -0.3 is 14.9 Å². The summed E-state index contributed by atoms with van der Waals surface area (Å²) in [5.41, 5.74) is 4.42. The van der Waals surface area contributed by atoms with Crippen molar-refractivity contribution < 1.29 is 14.5 Å². The van der Waals surface area contributed by atoms with E-state index in [9.17, 15) is 14.4 Å². The van der Waals surface area contributed by atoms with Crippen molar-refractivity contribution in [3.8, 4) is 0 Å². The Balaban J connectivity index is 1.45. The number of carbonyl (C=O) groups is 2. The molecule has 1 aromatic carbocycles. The normalized spacial score (nSPS) is 19.6. The second-order valence-corrected chi connectivity index (χ2v) is 8.08. The minimum atomic E-state index is -0.0648. The first-order valence-electron chi connectivity index (χ1n) is 10.1. The number of nitrogens with zero attached hydrogens (tertiary/aromatic N) is 1. The number of rotatable bonds is 5. The van der Waals surface area contributed by atoms with Crippen LogP contribution in [-0.2, 0) is 0 Å². The number of hydrogen-bond acceptors (Lipinski definition) is 3. The lowest BCUT2D eigenvalue weighted by molar-refractivity contribution is -0.897. The molecule has 0 atom stereocenters. The topological polar surface area (TPSA) is 92.2 Å². The van der Waals surface area contributed by atoms with E-state index in [0.717, 1.165) is 48.2 Å². The maximum absolute atomic E-state index is 12.8. The predicted octanol–water partition coefficient (Wildman–Crippen LogP) is 1.58. The third kappa shape index (κ3) is 3.46. The van der Waals surface area contributed by atoms with E-state index >= 15 is 0 Å². The average Bonchev–Trinajstić information content (AvgIpc) is 3.17. The third-order valence-electron chi connectivity index (χ3n) is 6.13. The van der Waals surface area contributed by atoms with E-state index in [4.69, 9.17) is 0 Å². The van der Waals surface area contributed by atoms with E-state index in [0.29, 0.717) is 17.8 Å². The summed E-state index contributed by atoms with van der Waals surface area (Å²) in [6.45, 7) is 7.26. The number of imidazole rings is 1. The number of carbonyl (C=O) groups excluding carboxylic acids is 2. The summed E-state index contributed by atoms with van der Waals surface area (Å²) in [5, 5.41) is 0. The predicted molar refractivity (Wildman–Crippen MR) is 111 cm³/mol. The molecule has 3 heterocycles. The summed E-state index contributed by atoms with van der Waals surface area (Å²) < 4.78 is 1.87. The van der Waals surface area contributed by atoms with Crippen LogP contribution in [0.1, 0.15) is 57.9 Å². The Bertz CT molecular complexity index is 1140. The van der Waals surface area contributed by atoms with Gasteiger partial charge in [-0.25, -0.2) is 4.79 Å². The van der Waals surface area contributed by atoms with Gasteiger partial charge in [-0.05, 0) is 38.5 Å². The highest BCUT2D eigenvalue weighted by molar-refractivity contribution is 6.03. The fourth-order valence-corrected chi connectivity index (χ4v) is 4.75. The number of Topliss-reactive ketones (excluding diaryl/α,β-unsaturated/α-hetero) is 2. The number of likely N-dealkylation sites (tertiary alicyclic amines) is 1. The van der Waals surface area contributed by atoms with E-state index in [1.54, 1.807) is 0 Å². The molecule has 7 heteroatoms. The van der Waals surface area contributed by atoms with E-state index in [1.807, 2.05) is 42.7 Å². The fourth-order valence-electron chi connectivity index (χ4n) is 4.75. The van der Waals surface area contributed by atoms with Crippen molar-refractivity contribution in [2.45, 2.75) is 39.7 Å². The minimum absolute atomic E-state index is 0.0207. The summed E-state index contributed by atoms with van der Waals surface area (Å²) in [6, 6.07) is 7.90. The first kappa shape index (κ1) is 19.4. The first-order chi connectivity index (χ1) is 13.9. The van der Waals surface area contributed by atoms with Crippen LogP contribution in [0.5, 0.6) is 0 Å². The van der Waals surface area contributed by atoms with Gasteiger partial charge in [-0.2, -0.15) is 0 Å². The highest BCUT2D eigenvalue weighted by Crippen LogP contribution is 2.21. The average molecular weight is 395 g/mol. The van der Waals surface area contributed by atoms with Crippen molar-refractivity contribution in [2.75, 3.05) is 19.6 Å². The van der Waals surface area contributed by atoms with Crippen molar-refractivity contribution >= 4 is 22.6 Å². The van der Waals surface area contributed by atoms with Gasteiger partial charge in [0.25, 0.3) is 0 Å². The van der Waals surface area contributed by atoms with Crippen LogP contribution in [0.4, 0.5) is 0 Å². The van der Waals surface area contributed by atoms with Crippen LogP contribution >= 0.6 is 0 Å². The molecule has 3 N–H and O–H groups in total. The van der Waals surface area contributed by atoms with Crippen LogP contribution in [0.15, 0.2) is 29.1 Å². The highest BCUT2D eigenvalue weighted by Gasteiger charge is 2.29. The van der Waals surface area contributed by atoms with Gasteiger partial charge in [0.15, 0.2) is 5.78 Å². The number of nitrogens with one attached hydrogen (secondary N) is 3. The summed E-state index contributed by atoms with van der Waals surface area (Å²) in [6.07, 6.45) is 1.71. The maximum atomic E-state index is 12.8. The lowest BCUT2D eigenvalue weighted by atomic mass is 10.0. The number of quaternary nitrogens is 1. The van der Waals surface area contributed by atoms with Crippen molar-refractivity contribution in [2.24, 2.45) is 0 Å². The number of aryl methyl sites for hydroxylation is 1. The Labute approximate surface area is 168 Å². The fraction of sp³-hybridized carbons (Fsp3) is 0.409. The monoisotopic (exact) mass is 395 g/mol. The Morgan fingerprint density at radius 2 is 1.83 bits per heavy atom. The molecule has 152 valence electrons. The number of ketones is 2. The molecule has 0 amide bonds. The molecule has 2 aromatic heterocycles. The zero-order chi connectivity index (χ0) is 20.7. The van der Waals surface area contributed by atoms with Gasteiger partial charge in [-0.3, -0.25) is 14.2 Å². The van der Waals surface area contributed by atoms with Gasteiger partial charge in [0.2, 0.25) is 5.78 Å². The molecule has 1 saturated heterocycles. The summed E-state index contributed by atoms with van der Waals surface area (Å²) in [7, 11) is 0. The molecular formula is C22H27N4O3+. The smallest absolute Gasteiger partial charge is 0.326 e. The van der Waals surface area contributed by atoms with Crippen molar-refractivity contribution in [3.05, 3.63) is 57.3 Å². The Morgan fingerprint density at radius 3 is 2.48 bits per heavy atom. The molecule has 0 bridgehead atoms. The number of aromatic nitrogens is 3. The molecule has 1 aliphatic rings. The Kier molecular flexibility index (Phi) is 5.00. The second-order valence-electron chi connectivity index (χ2n) is 8.08. The third-order valence-corrected chi connectivity index (χ3v) is 6.13. The molecule has 1 fully saturated rings. The van der Waals surface area contributed by atoms with Crippen LogP contribution < -0.4 is 10.6 Å². The zero-order valence-electron chi connectivity index (χ0n) is 17.1. The molecule has 0 spiro atoms. The molecule has 4 rings (SSSR count). The van der Waals surface area contributed by atoms with E-state index in [1.165, 1.54) is 11.8 Å². The lowest BCUT2D eigenvalue weighted by Gasteiger charge is -2.29. The SMILES string of the molecule is CC(=O)c1c(C)[nH]c(C(=O)C[NH+]2CCC(n3c(=O)[nH]c4ccccc43)CC2)c1C. The molecule has 7 nitrogen and oxygen atoms in total. The molecule has 3 aromatic rings. The van der Waals surface area contributed by atoms with Crippen LogP contribution in [0.3, 0.4) is 0 Å². The molecule has 29 heavy (non-hydrogen) atoms. The summed E-state index contributed by atoms with van der Waals surface area (Å²) >= 11 is 0. The van der Waals surface area contributed by atoms with Crippen molar-refractivity contribution in [1.82, 2.24) is 14.5 Å². The maximum Gasteiger partial charge on any atom is 0.326 e. The number of H-pyrrole nitrogens is 2. The van der Waals surface area contributed by atoms with Gasteiger partial charge in [0.1, 0.15) is 6.54 Å². The van der Waals surface area contributed by atoms with E-state index in [2.05, 4.69) is 9.97 Å². The Morgan fingerprint density at radius 1 is 1.14 bits per heavy atom. The quantitative estimate of drug-likeness (QED) is 0.573. The number of aromatic amines is 2. The molecule has 1 aliphatic heterocycles. The number of hydrogen-bond donors (Lipinski definition) is 3. The first-order valence-corrected chi connectivity index (χ1v) is 10.1. The zero-order valence-corrected chi connectivity index (χ0v) is 17.1. The highest BCUT2D eigenvalue weighted by atomic mass is 16.1. The lowest BCUT2D eigenvalue weighted by Crippen LogP contribution is -3.13. The van der Waals surface area contributed by atoms with Crippen molar-refractivity contribution in [3.63, 3.8) is 0 Å². The molecule has 0 unspecified atom stereocenters. The summed E-state index contributed by atoms with van der Waals surface area (Å²) in [4.78, 5) is 44.3. The number of fused-ring (bicyclic) bond motifs is 1. The van der Waals surface area contributed by atoms with Gasteiger partial charge in [0.05, 0.1) is 29.8 Å². The Hall–Kier alpha value is -2.93. The van der Waals surface area contributed by atoms with Crippen molar-refractivity contribution in [1.29, 1.82) is 0 Å². The number of para-hydroxylation sites is 2. The van der Waals surface area contributed by atoms with Gasteiger partial charge in [-0.15, -0.1) is 0 Å². The largest absolute Gasteiger partial charge is 0.355 e. The van der Waals surface area contributed by atoms with Gasteiger partial charge in [-0.1, -0.05) is 12.1 Å². The summed E-state index contributed by atoms with van der Waals surface area (Å²) in [5.74, 6) is 0.0171.